The molecule has 0 aromatic heterocycles. The quantitative estimate of drug-likeness (QED) is 0.277. The van der Waals surface area contributed by atoms with Gasteiger partial charge in [0, 0.05) is 44.3 Å². The first-order valence-electron chi connectivity index (χ1n) is 2.80. The van der Waals surface area contributed by atoms with Gasteiger partial charge < -0.3 is 5.09 Å². The molecular formula is C3H11I2N3O2P2S. The molecule has 0 aromatic rings. The van der Waals surface area contributed by atoms with E-state index >= 15 is 0 Å². The highest BCUT2D eigenvalue weighted by atomic mass is 128. The lowest BCUT2D eigenvalue weighted by Crippen LogP contribution is -2.36. The molecular weight excluding hydrogens is 458 g/mol. The Morgan fingerprint density at radius 2 is 2.00 bits per heavy atom. The Bertz CT molecular complexity index is 245. The first-order valence-corrected chi connectivity index (χ1v) is 13.8. The van der Waals surface area contributed by atoms with Gasteiger partial charge in [-0.2, -0.15) is 0 Å². The van der Waals surface area contributed by atoms with Crippen molar-refractivity contribution in [1.82, 2.24) is 9.81 Å². The molecule has 13 heavy (non-hydrogen) atoms. The van der Waals surface area contributed by atoms with Gasteiger partial charge in [-0.25, -0.2) is 8.42 Å². The molecule has 0 rings (SSSR count). The van der Waals surface area contributed by atoms with E-state index in [0.29, 0.717) is 8.42 Å². The van der Waals surface area contributed by atoms with E-state index in [4.69, 9.17) is 0 Å². The van der Waals surface area contributed by atoms with Crippen molar-refractivity contribution in [3.05, 3.63) is 0 Å². The van der Waals surface area contributed by atoms with Gasteiger partial charge >= 0.3 is 0 Å². The molecule has 2 atom stereocenters. The van der Waals surface area contributed by atoms with Crippen molar-refractivity contribution in [3.63, 3.8) is 0 Å². The summed E-state index contributed by atoms with van der Waals surface area (Å²) in [5.41, 5.74) is 0. The van der Waals surface area contributed by atoms with E-state index in [1.165, 1.54) is 7.05 Å². The van der Waals surface area contributed by atoms with Crippen molar-refractivity contribution in [2.24, 2.45) is 4.99 Å². The van der Waals surface area contributed by atoms with Crippen LogP contribution in [-0.4, -0.2) is 27.7 Å². The summed E-state index contributed by atoms with van der Waals surface area (Å²) in [7, 11) is 1.06. The summed E-state index contributed by atoms with van der Waals surface area (Å²) in [4.78, 5) is 3.67. The maximum atomic E-state index is 10.6. The summed E-state index contributed by atoms with van der Waals surface area (Å²) >= 11 is 4.24. The normalized spacial score (nSPS) is 12.2. The summed E-state index contributed by atoms with van der Waals surface area (Å²) in [5, 5.41) is 2.74. The number of hydrogen-bond acceptors (Lipinski definition) is 3. The number of guanidine groups is 1. The second-order valence-electron chi connectivity index (χ2n) is 1.72. The van der Waals surface area contributed by atoms with Gasteiger partial charge in [0.1, 0.15) is 0 Å². The molecule has 5 nitrogen and oxygen atoms in total. The van der Waals surface area contributed by atoms with Crippen LogP contribution in [0.25, 0.3) is 0 Å². The van der Waals surface area contributed by atoms with Gasteiger partial charge in [0.2, 0.25) is 16.0 Å². The highest BCUT2D eigenvalue weighted by Gasteiger charge is 2.02. The predicted molar refractivity (Wildman–Crippen MR) is 80.5 cm³/mol. The van der Waals surface area contributed by atoms with Crippen LogP contribution >= 0.6 is 54.6 Å². The third-order valence-corrected chi connectivity index (χ3v) is 2.07. The third-order valence-electron chi connectivity index (χ3n) is 0.696. The van der Waals surface area contributed by atoms with E-state index in [9.17, 15) is 8.42 Å². The van der Waals surface area contributed by atoms with Crippen LogP contribution in [0.2, 0.25) is 0 Å². The zero-order chi connectivity index (χ0) is 10.9. The summed E-state index contributed by atoms with van der Waals surface area (Å²) in [6.07, 6.45) is 1.08. The summed E-state index contributed by atoms with van der Waals surface area (Å²) in [5.74, 6) is 0.265. The van der Waals surface area contributed by atoms with E-state index in [0.717, 1.165) is 6.26 Å². The number of halogens is 2. The number of sulfonamides is 1. The summed E-state index contributed by atoms with van der Waals surface area (Å²) < 4.78 is 23.5. The van der Waals surface area contributed by atoms with Gasteiger partial charge in [0.15, 0.2) is 0 Å². The Kier molecular flexibility index (Phi) is 13.1. The minimum atomic E-state index is -3.21. The van der Waals surface area contributed by atoms with Crippen LogP contribution in [0.15, 0.2) is 4.99 Å². The largest absolute Gasteiger partial charge is 0.334 e. The van der Waals surface area contributed by atoms with Crippen molar-refractivity contribution < 1.29 is 8.42 Å². The minimum absolute atomic E-state index is 0.265. The van der Waals surface area contributed by atoms with Gasteiger partial charge in [-0.3, -0.25) is 9.71 Å². The molecule has 80 valence electrons. The lowest BCUT2D eigenvalue weighted by atomic mass is 11.1. The Hall–Kier alpha value is 1.54. The lowest BCUT2D eigenvalue weighted by Gasteiger charge is -2.06. The Balaban J connectivity index is 0. The fourth-order valence-electron chi connectivity index (χ4n) is 0.371. The Morgan fingerprint density at radius 1 is 1.54 bits per heavy atom. The van der Waals surface area contributed by atoms with Gasteiger partial charge in [0.25, 0.3) is 0 Å². The highest BCUT2D eigenvalue weighted by Crippen LogP contribution is 2.12. The zero-order valence-electron chi connectivity index (χ0n) is 7.01. The second-order valence-corrected chi connectivity index (χ2v) is 4.87. The van der Waals surface area contributed by atoms with Gasteiger partial charge in [-0.05, 0) is 8.42 Å². The monoisotopic (exact) mass is 469 g/mol. The van der Waals surface area contributed by atoms with Crippen LogP contribution in [0.1, 0.15) is 0 Å². The van der Waals surface area contributed by atoms with E-state index in [-0.39, 0.29) is 5.96 Å². The van der Waals surface area contributed by atoms with Crippen LogP contribution in [-0.2, 0) is 10.0 Å². The first-order chi connectivity index (χ1) is 5.99. The fourth-order valence-corrected chi connectivity index (χ4v) is 1.68. The number of nitrogens with zero attached hydrogens (tertiary/aromatic N) is 1. The Morgan fingerprint density at radius 3 is 2.23 bits per heavy atom. The van der Waals surface area contributed by atoms with Crippen LogP contribution in [0, 0.1) is 0 Å². The molecule has 0 aliphatic heterocycles. The zero-order valence-corrected chi connectivity index (χ0v) is 14.3. The van der Waals surface area contributed by atoms with Crippen molar-refractivity contribution in [2.45, 2.75) is 0 Å². The van der Waals surface area contributed by atoms with Crippen molar-refractivity contribution in [2.75, 3.05) is 13.3 Å². The third kappa shape index (κ3) is 13.5. The molecule has 0 radical (unpaired) electrons. The molecule has 0 aliphatic rings. The summed E-state index contributed by atoms with van der Waals surface area (Å²) in [6.45, 7) is 0. The van der Waals surface area contributed by atoms with Crippen LogP contribution in [0.3, 0.4) is 0 Å². The minimum Gasteiger partial charge on any atom is -0.334 e. The molecule has 0 saturated heterocycles. The maximum absolute atomic E-state index is 10.6. The molecule has 2 unspecified atom stereocenters. The van der Waals surface area contributed by atoms with Gasteiger partial charge in [-0.1, -0.05) is 8.93 Å². The highest BCUT2D eigenvalue weighted by molar-refractivity contribution is 15.0. The number of rotatable bonds is 2. The predicted octanol–water partition coefficient (Wildman–Crippen LogP) is 1.27. The maximum Gasteiger partial charge on any atom is 0.232 e. The molecule has 0 amide bonds. The molecule has 0 spiro atoms. The van der Waals surface area contributed by atoms with E-state index in [2.05, 4.69) is 61.0 Å². The van der Waals surface area contributed by atoms with Crippen LogP contribution in [0.4, 0.5) is 0 Å². The average molecular weight is 469 g/mol. The molecule has 0 bridgehead atoms. The van der Waals surface area contributed by atoms with Gasteiger partial charge in [-0.15, -0.1) is 0 Å². The molecule has 2 N–H and O–H groups in total. The Labute approximate surface area is 106 Å². The topological polar surface area (TPSA) is 70.6 Å². The van der Waals surface area contributed by atoms with E-state index in [1.54, 1.807) is 0 Å². The van der Waals surface area contributed by atoms with Crippen LogP contribution < -0.4 is 9.81 Å². The first kappa shape index (κ1) is 17.0. The van der Waals surface area contributed by atoms with Gasteiger partial charge in [0.05, 0.1) is 6.26 Å². The van der Waals surface area contributed by atoms with Crippen molar-refractivity contribution >= 4 is 70.6 Å². The standard InChI is InChI=1S/C3H11N3O2P2S.I2/c1-4-3(5-10-9)6-11(2,7)8;1-2/h10H,9H2,1-2H3,(H2,4,5,6);. The average Bonchev–Trinajstić information content (AvgIpc) is 2.05. The van der Waals surface area contributed by atoms with Crippen molar-refractivity contribution in [3.8, 4) is 0 Å². The van der Waals surface area contributed by atoms with E-state index in [1.807, 2.05) is 0 Å². The second kappa shape index (κ2) is 10.1. The molecule has 0 saturated carbocycles. The van der Waals surface area contributed by atoms with Crippen LogP contribution in [0.5, 0.6) is 0 Å². The molecule has 0 aromatic carbocycles. The molecule has 0 heterocycles. The van der Waals surface area contributed by atoms with E-state index < -0.39 is 10.0 Å². The number of nitrogens with one attached hydrogen (secondary N) is 2. The number of hydrogen-bond donors (Lipinski definition) is 2. The number of aliphatic imine (C=N–C) groups is 1. The fraction of sp³-hybridized carbons (Fsp3) is 0.667. The summed E-state index contributed by atoms with van der Waals surface area (Å²) in [6, 6.07) is 0. The molecule has 0 fully saturated rings. The SMILES string of the molecule is CN=C(NPP)NS(C)(=O)=O.II. The molecule has 10 heteroatoms. The lowest BCUT2D eigenvalue weighted by molar-refractivity contribution is 0.598. The molecule has 0 aliphatic carbocycles. The van der Waals surface area contributed by atoms with Crippen molar-refractivity contribution in [1.29, 1.82) is 0 Å². The smallest absolute Gasteiger partial charge is 0.232 e.